The van der Waals surface area contributed by atoms with E-state index in [1.165, 1.54) is 37.8 Å². The van der Waals surface area contributed by atoms with Crippen molar-refractivity contribution in [3.05, 3.63) is 11.8 Å². The first-order valence-corrected chi connectivity index (χ1v) is 7.92. The van der Waals surface area contributed by atoms with Gasteiger partial charge < -0.3 is 4.90 Å². The smallest absolute Gasteiger partial charge is 0.323 e. The highest BCUT2D eigenvalue weighted by molar-refractivity contribution is 5.88. The molecule has 0 spiro atoms. The molecule has 0 radical (unpaired) electrons. The fourth-order valence-corrected chi connectivity index (χ4v) is 3.59. The van der Waals surface area contributed by atoms with Crippen LogP contribution in [0.1, 0.15) is 37.8 Å². The number of nitrogens with zero attached hydrogens (tertiary/aromatic N) is 3. The third kappa shape index (κ3) is 2.30. The number of rotatable bonds is 2. The van der Waals surface area contributed by atoms with Gasteiger partial charge in [0.05, 0.1) is 0 Å². The van der Waals surface area contributed by atoms with Gasteiger partial charge in [-0.15, -0.1) is 0 Å². The van der Waals surface area contributed by atoms with Gasteiger partial charge in [-0.2, -0.15) is 5.10 Å². The molecule has 1 aromatic heterocycles. The zero-order chi connectivity index (χ0) is 13.5. The van der Waals surface area contributed by atoms with E-state index in [0.717, 1.165) is 43.7 Å². The average Bonchev–Trinajstić information content (AvgIpc) is 3.03. The number of aryl methyl sites for hydroxylation is 2. The number of aromatic nitrogens is 2. The molecule has 108 valence electrons. The maximum Gasteiger partial charge on any atom is 0.323 e. The van der Waals surface area contributed by atoms with E-state index in [2.05, 4.69) is 10.4 Å². The van der Waals surface area contributed by atoms with Gasteiger partial charge in [0.15, 0.2) is 5.82 Å². The number of hydrogen-bond donors (Lipinski definition) is 1. The Labute approximate surface area is 119 Å². The van der Waals surface area contributed by atoms with Crippen LogP contribution in [-0.4, -0.2) is 33.8 Å². The predicted molar refractivity (Wildman–Crippen MR) is 76.6 cm³/mol. The van der Waals surface area contributed by atoms with Crippen molar-refractivity contribution in [2.75, 3.05) is 18.4 Å². The molecule has 1 saturated heterocycles. The average molecular weight is 274 g/mol. The Morgan fingerprint density at radius 1 is 1.20 bits per heavy atom. The molecule has 0 bridgehead atoms. The molecule has 5 heteroatoms. The number of urea groups is 1. The molecule has 2 amide bonds. The third-order valence-corrected chi connectivity index (χ3v) is 4.95. The SMILES string of the molecule is O=C(Nc1cc2n(n1)CCCC2)N1CCC(C2CC2)C1. The zero-order valence-electron chi connectivity index (χ0n) is 11.8. The Morgan fingerprint density at radius 3 is 2.90 bits per heavy atom. The summed E-state index contributed by atoms with van der Waals surface area (Å²) in [5.74, 6) is 2.37. The van der Waals surface area contributed by atoms with Gasteiger partial charge in [-0.3, -0.25) is 10.00 Å². The third-order valence-electron chi connectivity index (χ3n) is 4.95. The molecule has 1 unspecified atom stereocenters. The number of carbonyl (C=O) groups is 1. The minimum Gasteiger partial charge on any atom is -0.324 e. The van der Waals surface area contributed by atoms with Gasteiger partial charge >= 0.3 is 6.03 Å². The molecular weight excluding hydrogens is 252 g/mol. The number of nitrogens with one attached hydrogen (secondary N) is 1. The number of anilines is 1. The van der Waals surface area contributed by atoms with Gasteiger partial charge in [0.2, 0.25) is 0 Å². The number of fused-ring (bicyclic) bond motifs is 1. The molecule has 1 atom stereocenters. The molecule has 1 saturated carbocycles. The van der Waals surface area contributed by atoms with Crippen LogP contribution in [0.3, 0.4) is 0 Å². The van der Waals surface area contributed by atoms with Crippen LogP contribution in [0.25, 0.3) is 0 Å². The second-order valence-electron chi connectivity index (χ2n) is 6.46. The van der Waals surface area contributed by atoms with Crippen LogP contribution >= 0.6 is 0 Å². The molecule has 0 aromatic carbocycles. The molecule has 4 rings (SSSR count). The van der Waals surface area contributed by atoms with Crippen LogP contribution in [-0.2, 0) is 13.0 Å². The maximum absolute atomic E-state index is 12.3. The summed E-state index contributed by atoms with van der Waals surface area (Å²) in [5.41, 5.74) is 1.25. The predicted octanol–water partition coefficient (Wildman–Crippen LogP) is 2.48. The van der Waals surface area contributed by atoms with Gasteiger partial charge in [-0.05, 0) is 50.4 Å². The number of likely N-dealkylation sites (tertiary alicyclic amines) is 1. The van der Waals surface area contributed by atoms with E-state index in [9.17, 15) is 4.79 Å². The first kappa shape index (κ1) is 12.2. The second-order valence-corrected chi connectivity index (χ2v) is 6.46. The minimum atomic E-state index is 0.0311. The monoisotopic (exact) mass is 274 g/mol. The summed E-state index contributed by atoms with van der Waals surface area (Å²) < 4.78 is 2.04. The Balaban J connectivity index is 1.38. The van der Waals surface area contributed by atoms with Gasteiger partial charge in [0, 0.05) is 31.4 Å². The van der Waals surface area contributed by atoms with Crippen molar-refractivity contribution in [3.8, 4) is 0 Å². The molecule has 1 aliphatic carbocycles. The van der Waals surface area contributed by atoms with Gasteiger partial charge in [-0.1, -0.05) is 0 Å². The van der Waals surface area contributed by atoms with E-state index in [4.69, 9.17) is 0 Å². The minimum absolute atomic E-state index is 0.0311. The van der Waals surface area contributed by atoms with Crippen LogP contribution < -0.4 is 5.32 Å². The van der Waals surface area contributed by atoms with Crippen LogP contribution in [0.15, 0.2) is 6.07 Å². The van der Waals surface area contributed by atoms with Crippen molar-refractivity contribution in [1.29, 1.82) is 0 Å². The Kier molecular flexibility index (Phi) is 2.93. The lowest BCUT2D eigenvalue weighted by Gasteiger charge is -2.16. The van der Waals surface area contributed by atoms with E-state index < -0.39 is 0 Å². The normalized spacial score (nSPS) is 25.6. The maximum atomic E-state index is 12.3. The van der Waals surface area contributed by atoms with E-state index in [0.29, 0.717) is 0 Å². The highest BCUT2D eigenvalue weighted by Crippen LogP contribution is 2.41. The van der Waals surface area contributed by atoms with Gasteiger partial charge in [-0.25, -0.2) is 4.79 Å². The quantitative estimate of drug-likeness (QED) is 0.900. The first-order valence-electron chi connectivity index (χ1n) is 7.92. The van der Waals surface area contributed by atoms with E-state index in [1.807, 2.05) is 15.6 Å². The molecule has 1 aromatic rings. The first-order chi connectivity index (χ1) is 9.79. The fourth-order valence-electron chi connectivity index (χ4n) is 3.59. The lowest BCUT2D eigenvalue weighted by Crippen LogP contribution is -2.33. The molecule has 2 aliphatic heterocycles. The van der Waals surface area contributed by atoms with Crippen molar-refractivity contribution in [2.24, 2.45) is 11.8 Å². The fraction of sp³-hybridized carbons (Fsp3) is 0.733. The van der Waals surface area contributed by atoms with Gasteiger partial charge in [0.1, 0.15) is 0 Å². The molecule has 2 fully saturated rings. The van der Waals surface area contributed by atoms with Crippen molar-refractivity contribution in [2.45, 2.75) is 45.1 Å². The lowest BCUT2D eigenvalue weighted by molar-refractivity contribution is 0.220. The summed E-state index contributed by atoms with van der Waals surface area (Å²) in [6.07, 6.45) is 7.42. The molecule has 1 N–H and O–H groups in total. The number of hydrogen-bond acceptors (Lipinski definition) is 2. The Hall–Kier alpha value is -1.52. The molecule has 5 nitrogen and oxygen atoms in total. The van der Waals surface area contributed by atoms with Crippen LogP contribution in [0.4, 0.5) is 10.6 Å². The van der Waals surface area contributed by atoms with Crippen LogP contribution in [0.5, 0.6) is 0 Å². The topological polar surface area (TPSA) is 50.2 Å². The largest absolute Gasteiger partial charge is 0.324 e. The van der Waals surface area contributed by atoms with Crippen molar-refractivity contribution < 1.29 is 4.79 Å². The summed E-state index contributed by atoms with van der Waals surface area (Å²) in [4.78, 5) is 14.2. The van der Waals surface area contributed by atoms with Crippen molar-refractivity contribution in [3.63, 3.8) is 0 Å². The molecule has 3 aliphatic rings. The Morgan fingerprint density at radius 2 is 2.10 bits per heavy atom. The Bertz CT molecular complexity index is 496. The lowest BCUT2D eigenvalue weighted by atomic mass is 10.0. The van der Waals surface area contributed by atoms with Crippen molar-refractivity contribution in [1.82, 2.24) is 14.7 Å². The number of carbonyl (C=O) groups excluding carboxylic acids is 1. The van der Waals surface area contributed by atoms with Crippen LogP contribution in [0.2, 0.25) is 0 Å². The number of amides is 2. The molecular formula is C15H22N4O. The summed E-state index contributed by atoms with van der Waals surface area (Å²) in [5, 5.41) is 7.46. The second kappa shape index (κ2) is 4.79. The van der Waals surface area contributed by atoms with E-state index >= 15 is 0 Å². The van der Waals surface area contributed by atoms with Crippen molar-refractivity contribution >= 4 is 11.8 Å². The molecule has 20 heavy (non-hydrogen) atoms. The summed E-state index contributed by atoms with van der Waals surface area (Å²) in [7, 11) is 0. The van der Waals surface area contributed by atoms with E-state index in [-0.39, 0.29) is 6.03 Å². The summed E-state index contributed by atoms with van der Waals surface area (Å²) in [6.45, 7) is 2.82. The van der Waals surface area contributed by atoms with Gasteiger partial charge in [0.25, 0.3) is 0 Å². The highest BCUT2D eigenvalue weighted by atomic mass is 16.2. The standard InChI is InChI=1S/C15H22N4O/c20-15(18-8-6-12(10-18)11-4-5-11)16-14-9-13-3-1-2-7-19(13)17-14/h9,11-12H,1-8,10H2,(H,16,17,20). The summed E-state index contributed by atoms with van der Waals surface area (Å²) in [6, 6.07) is 2.06. The summed E-state index contributed by atoms with van der Waals surface area (Å²) >= 11 is 0. The molecule has 3 heterocycles. The van der Waals surface area contributed by atoms with Crippen LogP contribution in [0, 0.1) is 11.8 Å². The van der Waals surface area contributed by atoms with E-state index in [1.54, 1.807) is 0 Å². The zero-order valence-corrected chi connectivity index (χ0v) is 11.8. The highest BCUT2D eigenvalue weighted by Gasteiger charge is 2.37.